The van der Waals surface area contributed by atoms with Crippen LogP contribution in [0.2, 0.25) is 0 Å². The van der Waals surface area contributed by atoms with Crippen molar-refractivity contribution < 1.29 is 4.92 Å². The van der Waals surface area contributed by atoms with Gasteiger partial charge in [-0.15, -0.1) is 11.3 Å². The number of nitro benzene ring substituents is 1. The summed E-state index contributed by atoms with van der Waals surface area (Å²) in [6.45, 7) is 6.50. The van der Waals surface area contributed by atoms with Crippen LogP contribution in [0.4, 0.5) is 11.4 Å². The van der Waals surface area contributed by atoms with Crippen LogP contribution in [0.1, 0.15) is 23.7 Å². The van der Waals surface area contributed by atoms with Crippen molar-refractivity contribution in [2.75, 3.05) is 25.0 Å². The fraction of sp³-hybridized carbons (Fsp3) is 0.412. The Labute approximate surface area is 156 Å². The highest BCUT2D eigenvalue weighted by Gasteiger charge is 2.11. The Bertz CT molecular complexity index is 746. The molecule has 0 bridgehead atoms. The lowest BCUT2D eigenvalue weighted by Crippen LogP contribution is -2.39. The lowest BCUT2D eigenvalue weighted by molar-refractivity contribution is -0.384. The van der Waals surface area contributed by atoms with Gasteiger partial charge in [0.25, 0.3) is 5.69 Å². The largest absolute Gasteiger partial charge is 0.378 e. The molecule has 1 aromatic carbocycles. The number of aliphatic imine (C=N–C) groups is 1. The van der Waals surface area contributed by atoms with E-state index in [1.54, 1.807) is 29.5 Å². The third-order valence-corrected chi connectivity index (χ3v) is 4.63. The summed E-state index contributed by atoms with van der Waals surface area (Å²) in [5, 5.41) is 21.5. The minimum Gasteiger partial charge on any atom is -0.378 e. The number of rotatable bonds is 9. The van der Waals surface area contributed by atoms with Crippen LogP contribution in [0.5, 0.6) is 0 Å². The summed E-state index contributed by atoms with van der Waals surface area (Å²) in [5.41, 5.74) is 0.583. The van der Waals surface area contributed by atoms with Gasteiger partial charge in [0.1, 0.15) is 10.7 Å². The van der Waals surface area contributed by atoms with Crippen LogP contribution in [-0.2, 0) is 13.0 Å². The van der Waals surface area contributed by atoms with Crippen LogP contribution in [0.25, 0.3) is 0 Å². The van der Waals surface area contributed by atoms with Crippen LogP contribution in [-0.4, -0.2) is 35.5 Å². The van der Waals surface area contributed by atoms with Gasteiger partial charge in [0.15, 0.2) is 5.96 Å². The predicted octanol–water partition coefficient (Wildman–Crippen LogP) is 2.78. The zero-order chi connectivity index (χ0) is 18.8. The molecule has 0 amide bonds. The topological polar surface area (TPSA) is 104 Å². The lowest BCUT2D eigenvalue weighted by Gasteiger charge is -2.12. The third kappa shape index (κ3) is 5.99. The summed E-state index contributed by atoms with van der Waals surface area (Å²) in [6.07, 6.45) is 2.88. The maximum absolute atomic E-state index is 11.0. The van der Waals surface area contributed by atoms with E-state index in [0.717, 1.165) is 18.0 Å². The summed E-state index contributed by atoms with van der Waals surface area (Å²) in [6, 6.07) is 6.61. The number of thiazole rings is 1. The first-order valence-electron chi connectivity index (χ1n) is 8.57. The van der Waals surface area contributed by atoms with E-state index in [2.05, 4.69) is 32.9 Å². The molecule has 2 aromatic rings. The second-order valence-corrected chi connectivity index (χ2v) is 6.60. The highest BCUT2D eigenvalue weighted by Crippen LogP contribution is 2.22. The third-order valence-electron chi connectivity index (χ3n) is 3.50. The van der Waals surface area contributed by atoms with Crippen LogP contribution < -0.4 is 16.0 Å². The van der Waals surface area contributed by atoms with Gasteiger partial charge in [-0.2, -0.15) is 0 Å². The zero-order valence-electron chi connectivity index (χ0n) is 15.0. The monoisotopic (exact) mass is 376 g/mol. The standard InChI is InChI=1S/C17H24N6O2S/c1-3-13-11-21-16(26-13)12-22-17(18-4-2)20-10-9-19-14-7-5-6-8-15(14)23(24)25/h5-8,11,19H,3-4,9-10,12H2,1-2H3,(H2,18,20,22). The van der Waals surface area contributed by atoms with Crippen LogP contribution >= 0.6 is 11.3 Å². The molecule has 0 aliphatic rings. The van der Waals surface area contributed by atoms with Gasteiger partial charge in [0.05, 0.1) is 11.5 Å². The van der Waals surface area contributed by atoms with Gasteiger partial charge in [-0.3, -0.25) is 10.1 Å². The fourth-order valence-electron chi connectivity index (χ4n) is 2.23. The van der Waals surface area contributed by atoms with Gasteiger partial charge < -0.3 is 16.0 Å². The number of hydrogen-bond acceptors (Lipinski definition) is 6. The summed E-state index contributed by atoms with van der Waals surface area (Å²) in [4.78, 5) is 20.8. The highest BCUT2D eigenvalue weighted by molar-refractivity contribution is 7.11. The summed E-state index contributed by atoms with van der Waals surface area (Å²) < 4.78 is 0. The highest BCUT2D eigenvalue weighted by atomic mass is 32.1. The minimum absolute atomic E-state index is 0.0728. The van der Waals surface area contributed by atoms with E-state index in [9.17, 15) is 10.1 Å². The van der Waals surface area contributed by atoms with Gasteiger partial charge >= 0.3 is 0 Å². The van der Waals surface area contributed by atoms with Gasteiger partial charge in [-0.1, -0.05) is 19.1 Å². The molecule has 0 aliphatic heterocycles. The Kier molecular flexibility index (Phi) is 7.81. The van der Waals surface area contributed by atoms with E-state index in [4.69, 9.17) is 0 Å². The molecule has 2 rings (SSSR count). The summed E-state index contributed by atoms with van der Waals surface area (Å²) in [5.74, 6) is 0.699. The van der Waals surface area contributed by atoms with Crippen molar-refractivity contribution in [3.8, 4) is 0 Å². The Morgan fingerprint density at radius 2 is 2.08 bits per heavy atom. The molecule has 8 nitrogen and oxygen atoms in total. The van der Waals surface area contributed by atoms with Gasteiger partial charge in [-0.05, 0) is 19.4 Å². The second kappa shape index (κ2) is 10.3. The number of nitro groups is 1. The number of anilines is 1. The van der Waals surface area contributed by atoms with Crippen LogP contribution in [0.15, 0.2) is 35.5 Å². The summed E-state index contributed by atoms with van der Waals surface area (Å²) in [7, 11) is 0. The molecule has 9 heteroatoms. The van der Waals surface area contributed by atoms with Gasteiger partial charge in [0, 0.05) is 36.8 Å². The Morgan fingerprint density at radius 1 is 1.27 bits per heavy atom. The number of nitrogens with zero attached hydrogens (tertiary/aromatic N) is 3. The molecule has 1 aromatic heterocycles. The van der Waals surface area contributed by atoms with Crippen molar-refractivity contribution in [3.63, 3.8) is 0 Å². The number of benzene rings is 1. The summed E-state index contributed by atoms with van der Waals surface area (Å²) >= 11 is 1.67. The smallest absolute Gasteiger partial charge is 0.292 e. The molecule has 0 spiro atoms. The number of nitrogens with one attached hydrogen (secondary N) is 3. The van der Waals surface area contributed by atoms with E-state index in [1.807, 2.05) is 13.1 Å². The molecular weight excluding hydrogens is 352 g/mol. The minimum atomic E-state index is -0.389. The molecule has 0 saturated carbocycles. The first-order chi connectivity index (χ1) is 12.6. The van der Waals surface area contributed by atoms with Crippen molar-refractivity contribution in [2.24, 2.45) is 4.99 Å². The molecule has 140 valence electrons. The second-order valence-electron chi connectivity index (χ2n) is 5.40. The molecule has 0 saturated heterocycles. The number of aromatic nitrogens is 1. The first kappa shape index (κ1) is 19.6. The van der Waals surface area contributed by atoms with E-state index in [-0.39, 0.29) is 10.6 Å². The Hall–Kier alpha value is -2.68. The number of guanidine groups is 1. The van der Waals surface area contributed by atoms with Crippen molar-refractivity contribution in [3.05, 3.63) is 50.5 Å². The molecule has 1 heterocycles. The van der Waals surface area contributed by atoms with Crippen molar-refractivity contribution in [1.82, 2.24) is 15.6 Å². The zero-order valence-corrected chi connectivity index (χ0v) is 15.8. The number of para-hydroxylation sites is 2. The SMILES string of the molecule is CCNC(=NCc1ncc(CC)s1)NCCNc1ccccc1[N+](=O)[O-]. The molecule has 0 atom stereocenters. The molecule has 3 N–H and O–H groups in total. The molecule has 0 aliphatic carbocycles. The van der Waals surface area contributed by atoms with Gasteiger partial charge in [0.2, 0.25) is 0 Å². The van der Waals surface area contributed by atoms with Gasteiger partial charge in [-0.25, -0.2) is 9.98 Å². The van der Waals surface area contributed by atoms with Crippen molar-refractivity contribution in [2.45, 2.75) is 26.8 Å². The van der Waals surface area contributed by atoms with E-state index in [1.165, 1.54) is 10.9 Å². The lowest BCUT2D eigenvalue weighted by atomic mass is 10.2. The van der Waals surface area contributed by atoms with Crippen LogP contribution in [0, 0.1) is 10.1 Å². The Balaban J connectivity index is 1.84. The average molecular weight is 376 g/mol. The maximum Gasteiger partial charge on any atom is 0.292 e. The van der Waals surface area contributed by atoms with Crippen molar-refractivity contribution >= 4 is 28.7 Å². The molecule has 0 fully saturated rings. The molecule has 0 unspecified atom stereocenters. The van der Waals surface area contributed by atoms with Crippen molar-refractivity contribution in [1.29, 1.82) is 0 Å². The quantitative estimate of drug-likeness (QED) is 0.204. The first-order valence-corrected chi connectivity index (χ1v) is 9.38. The number of hydrogen-bond donors (Lipinski definition) is 3. The molecule has 0 radical (unpaired) electrons. The maximum atomic E-state index is 11.0. The van der Waals surface area contributed by atoms with E-state index >= 15 is 0 Å². The fourth-order valence-corrected chi connectivity index (χ4v) is 3.02. The normalized spacial score (nSPS) is 11.2. The predicted molar refractivity (Wildman–Crippen MR) is 106 cm³/mol. The Morgan fingerprint density at radius 3 is 2.77 bits per heavy atom. The molecular formula is C17H24N6O2S. The van der Waals surface area contributed by atoms with E-state index < -0.39 is 0 Å². The van der Waals surface area contributed by atoms with Crippen LogP contribution in [0.3, 0.4) is 0 Å². The molecule has 26 heavy (non-hydrogen) atoms. The van der Waals surface area contributed by atoms with E-state index in [0.29, 0.717) is 31.3 Å². The average Bonchev–Trinajstić information content (AvgIpc) is 3.11. The number of aryl methyl sites for hydroxylation is 1.